The molecule has 1 unspecified atom stereocenters. The van der Waals surface area contributed by atoms with Crippen molar-refractivity contribution in [3.63, 3.8) is 0 Å². The second kappa shape index (κ2) is 6.25. The fraction of sp³-hybridized carbons (Fsp3) is 0.417. The summed E-state index contributed by atoms with van der Waals surface area (Å²) in [7, 11) is 0. The van der Waals surface area contributed by atoms with Gasteiger partial charge in [-0.3, -0.25) is 4.79 Å². The van der Waals surface area contributed by atoms with Gasteiger partial charge in [-0.1, -0.05) is 18.5 Å². The number of rotatable bonds is 4. The van der Waals surface area contributed by atoms with Crippen LogP contribution in [0.15, 0.2) is 18.2 Å². The molecule has 0 bridgehead atoms. The molecule has 1 aromatic rings. The summed E-state index contributed by atoms with van der Waals surface area (Å²) in [5.74, 6) is -0.426. The molecule has 1 atom stereocenters. The van der Waals surface area contributed by atoms with Crippen LogP contribution in [-0.4, -0.2) is 11.9 Å². The van der Waals surface area contributed by atoms with Gasteiger partial charge in [0.2, 0.25) is 5.91 Å². The maximum Gasteiger partial charge on any atom is 0.417 e. The molecule has 0 radical (unpaired) electrons. The summed E-state index contributed by atoms with van der Waals surface area (Å²) in [6.45, 7) is 1.82. The van der Waals surface area contributed by atoms with Crippen molar-refractivity contribution >= 4 is 23.2 Å². The van der Waals surface area contributed by atoms with Gasteiger partial charge in [0.05, 0.1) is 10.6 Å². The monoisotopic (exact) mass is 294 g/mol. The standard InChI is InChI=1S/C12H14ClF3N2O/c1-2-7(17)5-11(19)18-8-3-4-10(13)9(6-8)12(14,15)16/h3-4,6-7H,2,5,17H2,1H3,(H,18,19). The minimum atomic E-state index is -4.56. The molecule has 1 aromatic carbocycles. The molecule has 0 saturated heterocycles. The Balaban J connectivity index is 2.83. The number of carbonyl (C=O) groups excluding carboxylic acids is 1. The van der Waals surface area contributed by atoms with Crippen LogP contribution in [0.5, 0.6) is 0 Å². The molecular weight excluding hydrogens is 281 g/mol. The van der Waals surface area contributed by atoms with Crippen LogP contribution in [0.1, 0.15) is 25.3 Å². The molecule has 19 heavy (non-hydrogen) atoms. The third-order valence-corrected chi connectivity index (χ3v) is 2.86. The van der Waals surface area contributed by atoms with E-state index in [9.17, 15) is 18.0 Å². The van der Waals surface area contributed by atoms with E-state index in [4.69, 9.17) is 17.3 Å². The third kappa shape index (κ3) is 4.72. The first-order valence-corrected chi connectivity index (χ1v) is 6.04. The van der Waals surface area contributed by atoms with E-state index in [0.717, 1.165) is 12.1 Å². The van der Waals surface area contributed by atoms with Crippen LogP contribution in [-0.2, 0) is 11.0 Å². The lowest BCUT2D eigenvalue weighted by molar-refractivity contribution is -0.137. The lowest BCUT2D eigenvalue weighted by Crippen LogP contribution is -2.26. The summed E-state index contributed by atoms with van der Waals surface area (Å²) in [6.07, 6.45) is -3.89. The van der Waals surface area contributed by atoms with Gasteiger partial charge in [0.15, 0.2) is 0 Å². The van der Waals surface area contributed by atoms with Crippen molar-refractivity contribution in [1.29, 1.82) is 0 Å². The molecule has 0 spiro atoms. The van der Waals surface area contributed by atoms with Crippen LogP contribution >= 0.6 is 11.6 Å². The lowest BCUT2D eigenvalue weighted by Gasteiger charge is -2.13. The fourth-order valence-electron chi connectivity index (χ4n) is 1.41. The van der Waals surface area contributed by atoms with E-state index in [1.165, 1.54) is 6.07 Å². The number of amides is 1. The molecule has 1 rings (SSSR count). The number of alkyl halides is 3. The van der Waals surface area contributed by atoms with Crippen LogP contribution < -0.4 is 11.1 Å². The molecule has 3 N–H and O–H groups in total. The van der Waals surface area contributed by atoms with E-state index in [1.54, 1.807) is 0 Å². The largest absolute Gasteiger partial charge is 0.417 e. The van der Waals surface area contributed by atoms with E-state index in [2.05, 4.69) is 5.32 Å². The molecule has 0 aliphatic carbocycles. The molecule has 0 heterocycles. The Hall–Kier alpha value is -1.27. The first-order chi connectivity index (χ1) is 8.74. The van der Waals surface area contributed by atoms with Crippen molar-refractivity contribution in [2.24, 2.45) is 5.73 Å². The number of hydrogen-bond donors (Lipinski definition) is 2. The molecule has 1 amide bonds. The highest BCUT2D eigenvalue weighted by Crippen LogP contribution is 2.36. The van der Waals surface area contributed by atoms with Gasteiger partial charge < -0.3 is 11.1 Å². The van der Waals surface area contributed by atoms with Crippen molar-refractivity contribution < 1.29 is 18.0 Å². The predicted octanol–water partition coefficient (Wildman–Crippen LogP) is 3.42. The van der Waals surface area contributed by atoms with Crippen LogP contribution in [0.3, 0.4) is 0 Å². The van der Waals surface area contributed by atoms with Crippen LogP contribution in [0, 0.1) is 0 Å². The van der Waals surface area contributed by atoms with Crippen LogP contribution in [0.25, 0.3) is 0 Å². The number of nitrogens with one attached hydrogen (secondary N) is 1. The summed E-state index contributed by atoms with van der Waals surface area (Å²) >= 11 is 5.47. The molecule has 0 saturated carbocycles. The number of carbonyl (C=O) groups is 1. The van der Waals surface area contributed by atoms with Crippen molar-refractivity contribution in [1.82, 2.24) is 0 Å². The van der Waals surface area contributed by atoms with E-state index in [1.807, 2.05) is 6.92 Å². The van der Waals surface area contributed by atoms with Gasteiger partial charge in [-0.15, -0.1) is 0 Å². The average molecular weight is 295 g/mol. The average Bonchev–Trinajstić information content (AvgIpc) is 2.29. The molecular formula is C12H14ClF3N2O. The molecule has 7 heteroatoms. The van der Waals surface area contributed by atoms with Gasteiger partial charge >= 0.3 is 6.18 Å². The SMILES string of the molecule is CCC(N)CC(=O)Nc1ccc(Cl)c(C(F)(F)F)c1. The number of anilines is 1. The highest BCUT2D eigenvalue weighted by atomic mass is 35.5. The molecule has 106 valence electrons. The van der Waals surface area contributed by atoms with E-state index in [0.29, 0.717) is 6.42 Å². The topological polar surface area (TPSA) is 55.1 Å². The summed E-state index contributed by atoms with van der Waals surface area (Å²) in [5.41, 5.74) is 4.66. The molecule has 0 aliphatic rings. The normalized spacial score (nSPS) is 13.2. The lowest BCUT2D eigenvalue weighted by atomic mass is 10.1. The van der Waals surface area contributed by atoms with Crippen molar-refractivity contribution in [3.8, 4) is 0 Å². The molecule has 0 aliphatic heterocycles. The second-order valence-electron chi connectivity index (χ2n) is 4.11. The number of nitrogens with two attached hydrogens (primary N) is 1. The highest BCUT2D eigenvalue weighted by molar-refractivity contribution is 6.31. The van der Waals surface area contributed by atoms with Gasteiger partial charge in [0.1, 0.15) is 0 Å². The highest BCUT2D eigenvalue weighted by Gasteiger charge is 2.33. The number of hydrogen-bond acceptors (Lipinski definition) is 2. The molecule has 0 aromatic heterocycles. The van der Waals surface area contributed by atoms with Gasteiger partial charge in [-0.05, 0) is 24.6 Å². The minimum absolute atomic E-state index is 0.0463. The van der Waals surface area contributed by atoms with E-state index >= 15 is 0 Å². The zero-order valence-corrected chi connectivity index (χ0v) is 11.0. The summed E-state index contributed by atoms with van der Waals surface area (Å²) < 4.78 is 37.8. The van der Waals surface area contributed by atoms with Gasteiger partial charge in [0, 0.05) is 18.2 Å². The maximum atomic E-state index is 12.6. The maximum absolute atomic E-state index is 12.6. The second-order valence-corrected chi connectivity index (χ2v) is 4.52. The zero-order valence-electron chi connectivity index (χ0n) is 10.2. The van der Waals surface area contributed by atoms with Crippen molar-refractivity contribution in [2.45, 2.75) is 32.0 Å². The number of benzene rings is 1. The van der Waals surface area contributed by atoms with Gasteiger partial charge in [0.25, 0.3) is 0 Å². The third-order valence-electron chi connectivity index (χ3n) is 2.53. The van der Waals surface area contributed by atoms with Crippen molar-refractivity contribution in [2.75, 3.05) is 5.32 Å². The fourth-order valence-corrected chi connectivity index (χ4v) is 1.64. The molecule has 0 fully saturated rings. The van der Waals surface area contributed by atoms with Gasteiger partial charge in [-0.25, -0.2) is 0 Å². The Labute approximate surface area is 113 Å². The molecule has 3 nitrogen and oxygen atoms in total. The van der Waals surface area contributed by atoms with Crippen molar-refractivity contribution in [3.05, 3.63) is 28.8 Å². The Morgan fingerprint density at radius 1 is 1.47 bits per heavy atom. The van der Waals surface area contributed by atoms with Gasteiger partial charge in [-0.2, -0.15) is 13.2 Å². The first-order valence-electron chi connectivity index (χ1n) is 5.66. The minimum Gasteiger partial charge on any atom is -0.327 e. The first kappa shape index (κ1) is 15.8. The quantitative estimate of drug-likeness (QED) is 0.894. The smallest absolute Gasteiger partial charge is 0.327 e. The summed E-state index contributed by atoms with van der Waals surface area (Å²) in [5, 5.41) is 1.96. The Bertz CT molecular complexity index is 463. The number of halogens is 4. The Kier molecular flexibility index (Phi) is 5.20. The summed E-state index contributed by atoms with van der Waals surface area (Å²) in [4.78, 5) is 11.5. The predicted molar refractivity (Wildman–Crippen MR) is 68.0 cm³/mol. The van der Waals surface area contributed by atoms with Crippen LogP contribution in [0.4, 0.5) is 18.9 Å². The van der Waals surface area contributed by atoms with Crippen LogP contribution in [0.2, 0.25) is 5.02 Å². The van der Waals surface area contributed by atoms with E-state index in [-0.39, 0.29) is 18.2 Å². The zero-order chi connectivity index (χ0) is 14.6. The Morgan fingerprint density at radius 2 is 2.11 bits per heavy atom. The van der Waals surface area contributed by atoms with E-state index < -0.39 is 22.7 Å². The summed E-state index contributed by atoms with van der Waals surface area (Å²) in [6, 6.07) is 2.90. The Morgan fingerprint density at radius 3 is 2.63 bits per heavy atom.